The van der Waals surface area contributed by atoms with Gasteiger partial charge in [-0.15, -0.1) is 0 Å². The van der Waals surface area contributed by atoms with Crippen molar-refractivity contribution in [1.82, 2.24) is 0 Å². The van der Waals surface area contributed by atoms with Crippen molar-refractivity contribution in [3.8, 4) is 22.3 Å². The Balaban J connectivity index is 1.04. The number of hydrogen-bond donors (Lipinski definition) is 0. The SMILES string of the molecule is CC12c3cc(ccc3-c3c1cc(N(c1ccc([Si](C)(C)C)cc1)c1ccc([Si](C)(C)C)cc1)c1ccccc31)N(c1ccc([Si](C)(C)C)cc1)c1ccc(cc1)[Si](C)(C)C[Si](C)(C)c1ccc(cc1)N(c1ccc([Si](C)(C)C)cc1)c1cc3c(c4ccccc14)-c1ccc(N(c4ccc([Si](C)(C)C)cc4)c4ccc([Si](C)(C)C)cc4)cc1C32C. The first-order chi connectivity index (χ1) is 56.0. The Morgan fingerprint density at radius 2 is 0.546 bits per heavy atom. The lowest BCUT2D eigenvalue weighted by atomic mass is 9.56. The molecule has 0 fully saturated rings. The number of nitrogens with zero attached hydrogens (tertiary/aromatic N) is 4. The molecule has 19 rings (SSSR count). The maximum Gasteiger partial charge on any atom is 0.0783 e. The van der Waals surface area contributed by atoms with E-state index in [2.05, 4.69) is 469 Å². The largest absolute Gasteiger partial charge is 0.310 e. The van der Waals surface area contributed by atoms with E-state index in [0.29, 0.717) is 0 Å². The van der Waals surface area contributed by atoms with Gasteiger partial charge in [-0.2, -0.15) is 0 Å². The molecule has 12 heteroatoms. The standard InChI is InChI=1S/C107H122N4Si8/c1-106-98-69-82(108(74-33-51-84(52-34-74)112(3,4)5)75-35-53-85(54-36-75)113(6,7)8)49-67-96(98)105-95-32-28-26-30-93(95)103(72-101(105)106)111(80-43-61-89(62-44-80)117(18,19)20)81-47-65-91(66-48-81)119(23,24)73-118(21,22)90-63-45-77(46-64-90)109(76-37-55-86(56-38-76)114(9,10)11)83-50-68-97-99(70-83)107(106,2)100-71-102(92-29-25-27-31-94(92)104(97)100)110(78-39-57-87(58-40-78)115(12,13)14)79-41-59-88(60-42-79)116(15,16)17/h25-72H,73H2,1-24H3. The zero-order valence-corrected chi connectivity index (χ0v) is 83.2. The predicted molar refractivity (Wildman–Crippen MR) is 547 cm³/mol. The molecule has 0 N–H and O–H groups in total. The molecule has 2 aliphatic carbocycles. The Morgan fingerprint density at radius 3 is 0.924 bits per heavy atom. The summed E-state index contributed by atoms with van der Waals surface area (Å²) in [5, 5.41) is 16.6. The van der Waals surface area contributed by atoms with Gasteiger partial charge >= 0.3 is 0 Å². The van der Waals surface area contributed by atoms with E-state index in [-0.39, 0.29) is 0 Å². The molecule has 3 aliphatic heterocycles. The molecule has 0 spiro atoms. The van der Waals surface area contributed by atoms with Crippen molar-refractivity contribution in [1.29, 1.82) is 0 Å². The second-order valence-corrected chi connectivity index (χ2v) is 83.2. The van der Waals surface area contributed by atoms with Crippen LogP contribution in [0.1, 0.15) is 36.1 Å². The lowest BCUT2D eigenvalue weighted by molar-refractivity contribution is 0.376. The van der Waals surface area contributed by atoms with E-state index >= 15 is 0 Å². The molecule has 0 radical (unpaired) electrons. The first-order valence-electron chi connectivity index (χ1n) is 43.5. The molecule has 0 aromatic heterocycles. The number of benzene rings is 14. The first kappa shape index (κ1) is 81.9. The fraction of sp³-hybridized carbons (Fsp3) is 0.252. The molecule has 5 aliphatic rings. The molecule has 14 aromatic rings. The van der Waals surface area contributed by atoms with Crippen LogP contribution in [-0.2, 0) is 10.8 Å². The highest BCUT2D eigenvalue weighted by molar-refractivity contribution is 7.06. The Morgan fingerprint density at radius 1 is 0.261 bits per heavy atom. The maximum atomic E-state index is 2.71. The minimum atomic E-state index is -2.08. The number of rotatable bonds is 14. The smallest absolute Gasteiger partial charge is 0.0783 e. The Labute approximate surface area is 719 Å². The van der Waals surface area contributed by atoms with Gasteiger partial charge in [0, 0.05) is 78.5 Å². The highest BCUT2D eigenvalue weighted by atomic mass is 28.4. The Bertz CT molecular complexity index is 6140. The highest BCUT2D eigenvalue weighted by Crippen LogP contribution is 2.69. The summed E-state index contributed by atoms with van der Waals surface area (Å²) in [7, 11) is -14.4. The minimum absolute atomic E-state index is 0.851. The van der Waals surface area contributed by atoms with Gasteiger partial charge in [0.2, 0.25) is 0 Å². The minimum Gasteiger partial charge on any atom is -0.310 e. The monoisotopic (exact) mass is 1690 g/mol. The topological polar surface area (TPSA) is 13.0 Å². The van der Waals surface area contributed by atoms with Crippen molar-refractivity contribution in [3.63, 3.8) is 0 Å². The van der Waals surface area contributed by atoms with E-state index in [4.69, 9.17) is 0 Å². The normalized spacial score (nSPS) is 17.0. The van der Waals surface area contributed by atoms with Gasteiger partial charge < -0.3 is 19.6 Å². The van der Waals surface area contributed by atoms with Crippen LogP contribution in [0.2, 0.25) is 150 Å². The van der Waals surface area contributed by atoms with Crippen molar-refractivity contribution in [2.45, 2.75) is 174 Å². The average molecular weight is 1690 g/mol. The summed E-state index contributed by atoms with van der Waals surface area (Å²) in [5.74, 6) is 0. The molecule has 602 valence electrons. The Kier molecular flexibility index (Phi) is 20.0. The molecule has 3 heterocycles. The maximum absolute atomic E-state index is 2.71. The average Bonchev–Trinajstić information content (AvgIpc) is 1.49. The van der Waals surface area contributed by atoms with E-state index in [9.17, 15) is 0 Å². The van der Waals surface area contributed by atoms with E-state index in [1.807, 2.05) is 0 Å². The zero-order chi connectivity index (χ0) is 84.4. The summed E-state index contributed by atoms with van der Waals surface area (Å²) in [6, 6.07) is 118. The van der Waals surface area contributed by atoms with E-state index in [0.717, 1.165) is 56.9 Å². The molecule has 0 saturated heterocycles. The van der Waals surface area contributed by atoms with Gasteiger partial charge in [-0.1, -0.05) is 363 Å². The van der Waals surface area contributed by atoms with Crippen LogP contribution in [0.3, 0.4) is 0 Å². The number of hydrogen-bond acceptors (Lipinski definition) is 4. The van der Waals surface area contributed by atoms with Gasteiger partial charge in [-0.05, 0) is 189 Å². The van der Waals surface area contributed by atoms with E-state index < -0.39 is 75.4 Å². The van der Waals surface area contributed by atoms with Gasteiger partial charge in [0.15, 0.2) is 0 Å². The Hall–Kier alpha value is -9.46. The van der Waals surface area contributed by atoms with Crippen LogP contribution in [0.5, 0.6) is 0 Å². The van der Waals surface area contributed by atoms with Crippen molar-refractivity contribution >= 4 is 196 Å². The molecule has 8 bridgehead atoms. The predicted octanol–water partition coefficient (Wildman–Crippen LogP) is 26.8. The molecular formula is C107H122N4Si8. The van der Waals surface area contributed by atoms with Gasteiger partial charge in [0.1, 0.15) is 0 Å². The summed E-state index contributed by atoms with van der Waals surface area (Å²) in [6.45, 7) is 60.4. The first-order valence-corrected chi connectivity index (χ1v) is 70.9. The molecule has 0 saturated carbocycles. The summed E-state index contributed by atoms with van der Waals surface area (Å²) < 4.78 is 0. The lowest BCUT2D eigenvalue weighted by Crippen LogP contribution is -2.53. The third kappa shape index (κ3) is 14.3. The third-order valence-corrected chi connectivity index (χ3v) is 50.6. The molecule has 119 heavy (non-hydrogen) atoms. The van der Waals surface area contributed by atoms with E-state index in [1.165, 1.54) is 125 Å². The van der Waals surface area contributed by atoms with Crippen LogP contribution in [0.15, 0.2) is 291 Å². The van der Waals surface area contributed by atoms with Crippen LogP contribution in [-0.4, -0.2) is 64.6 Å². The van der Waals surface area contributed by atoms with E-state index in [1.54, 1.807) is 0 Å². The zero-order valence-electron chi connectivity index (χ0n) is 75.2. The van der Waals surface area contributed by atoms with Crippen LogP contribution in [0, 0.1) is 0 Å². The van der Waals surface area contributed by atoms with Gasteiger partial charge in [-0.3, -0.25) is 0 Å². The molecular weight excluding hydrogens is 1570 g/mol. The second-order valence-electron chi connectivity index (χ2n) is 42.6. The molecule has 2 unspecified atom stereocenters. The van der Waals surface area contributed by atoms with Gasteiger partial charge in [0.05, 0.1) is 76.0 Å². The highest BCUT2D eigenvalue weighted by Gasteiger charge is 2.59. The van der Waals surface area contributed by atoms with Crippen LogP contribution < -0.4 is 61.1 Å². The number of fused-ring (bicyclic) bond motifs is 10. The molecule has 0 amide bonds. The summed E-state index contributed by atoms with van der Waals surface area (Å²) in [4.78, 5) is 10.4. The van der Waals surface area contributed by atoms with Crippen molar-refractivity contribution in [2.75, 3.05) is 19.6 Å². The summed E-state index contributed by atoms with van der Waals surface area (Å²) >= 11 is 0. The molecule has 2 atom stereocenters. The fourth-order valence-electron chi connectivity index (χ4n) is 20.3. The van der Waals surface area contributed by atoms with Gasteiger partial charge in [-0.25, -0.2) is 0 Å². The summed E-state index contributed by atoms with van der Waals surface area (Å²) in [5.41, 5.74) is 23.7. The fourth-order valence-corrected chi connectivity index (χ4v) is 39.9. The van der Waals surface area contributed by atoms with Crippen LogP contribution >= 0.6 is 0 Å². The molecule has 4 nitrogen and oxygen atoms in total. The van der Waals surface area contributed by atoms with Gasteiger partial charge in [0.25, 0.3) is 0 Å². The lowest BCUT2D eigenvalue weighted by Gasteiger charge is -2.46. The van der Waals surface area contributed by atoms with Crippen LogP contribution in [0.25, 0.3) is 43.8 Å². The third-order valence-electron chi connectivity index (χ3n) is 27.4. The number of anilines is 12. The molecule has 14 aromatic carbocycles. The summed E-state index contributed by atoms with van der Waals surface area (Å²) in [6.07, 6.45) is 0. The quantitative estimate of drug-likeness (QED) is 0.101. The van der Waals surface area contributed by atoms with Crippen molar-refractivity contribution in [2.24, 2.45) is 0 Å². The van der Waals surface area contributed by atoms with Crippen LogP contribution in [0.4, 0.5) is 68.2 Å². The van der Waals surface area contributed by atoms with Crippen molar-refractivity contribution < 1.29 is 0 Å². The second kappa shape index (κ2) is 29.1. The van der Waals surface area contributed by atoms with Crippen molar-refractivity contribution in [3.05, 3.63) is 313 Å².